The molecule has 1 unspecified atom stereocenters. The van der Waals surface area contributed by atoms with Crippen molar-refractivity contribution in [1.82, 2.24) is 0 Å². The topological polar surface area (TPSA) is 46.0 Å². The molecule has 2 rings (SSSR count). The lowest BCUT2D eigenvalue weighted by atomic mass is 10.1. The molecule has 7 heteroatoms. The van der Waals surface area contributed by atoms with Crippen molar-refractivity contribution in [2.24, 2.45) is 0 Å². The van der Waals surface area contributed by atoms with Crippen molar-refractivity contribution in [1.29, 1.82) is 0 Å². The van der Waals surface area contributed by atoms with Gasteiger partial charge in [0.25, 0.3) is 5.91 Å². The maximum Gasteiger partial charge on any atom is 0.407 e. The van der Waals surface area contributed by atoms with E-state index in [9.17, 15) is 18.0 Å². The number of ether oxygens (including phenoxy) is 1. The summed E-state index contributed by atoms with van der Waals surface area (Å²) in [5, 5.41) is 2.34. The number of epoxide rings is 1. The van der Waals surface area contributed by atoms with Gasteiger partial charge in [-0.2, -0.15) is 13.2 Å². The smallest absolute Gasteiger partial charge is 0.359 e. The zero-order chi connectivity index (χ0) is 14.3. The van der Waals surface area contributed by atoms with Gasteiger partial charge in [0.1, 0.15) is 0 Å². The van der Waals surface area contributed by atoms with Crippen molar-refractivity contribution in [3.05, 3.63) is 35.2 Å². The molecule has 0 spiro atoms. The third kappa shape index (κ3) is 3.08. The lowest BCUT2D eigenvalue weighted by Crippen LogP contribution is -2.28. The van der Waals surface area contributed by atoms with Crippen LogP contribution >= 0.6 is 0 Å². The molecule has 0 bridgehead atoms. The van der Waals surface area contributed by atoms with Gasteiger partial charge in [0.15, 0.2) is 11.3 Å². The molecule has 20 heavy (non-hydrogen) atoms. The number of rotatable bonds is 2. The standard InChI is InChI=1S/C12H9F3N2O2.CH4/c1-11(6-19-11)10(18)17-7-3-4-9(16-2)8(5-7)12(13,14)15;/h3-5H,6H2,1H3,(H,17,18);1H4. The highest BCUT2D eigenvalue weighted by molar-refractivity contribution is 5.99. The molecule has 1 fully saturated rings. The molecule has 1 saturated heterocycles. The normalized spacial score (nSPS) is 20.6. The number of carbonyl (C=O) groups excluding carboxylic acids is 1. The van der Waals surface area contributed by atoms with Gasteiger partial charge in [-0.15, -0.1) is 0 Å². The van der Waals surface area contributed by atoms with Crippen LogP contribution in [0.1, 0.15) is 19.9 Å². The van der Waals surface area contributed by atoms with Gasteiger partial charge in [0, 0.05) is 5.69 Å². The van der Waals surface area contributed by atoms with E-state index in [-0.39, 0.29) is 19.7 Å². The molecular weight excluding hydrogens is 273 g/mol. The molecule has 1 aromatic rings. The molecule has 0 aromatic heterocycles. The summed E-state index contributed by atoms with van der Waals surface area (Å²) in [5.41, 5.74) is -2.54. The zero-order valence-electron chi connectivity index (χ0n) is 9.84. The lowest BCUT2D eigenvalue weighted by Gasteiger charge is -2.12. The molecule has 4 nitrogen and oxygen atoms in total. The summed E-state index contributed by atoms with van der Waals surface area (Å²) >= 11 is 0. The van der Waals surface area contributed by atoms with E-state index in [0.717, 1.165) is 12.1 Å². The second-order valence-corrected chi connectivity index (χ2v) is 4.32. The van der Waals surface area contributed by atoms with Gasteiger partial charge in [-0.05, 0) is 19.1 Å². The van der Waals surface area contributed by atoms with E-state index >= 15 is 0 Å². The Labute approximate surface area is 114 Å². The number of nitrogens with one attached hydrogen (secondary N) is 1. The third-order valence-electron chi connectivity index (χ3n) is 2.74. The number of anilines is 1. The van der Waals surface area contributed by atoms with E-state index in [1.807, 2.05) is 0 Å². The molecule has 1 aliphatic rings. The quantitative estimate of drug-likeness (QED) is 0.666. The Balaban J connectivity index is 0.00000200. The second-order valence-electron chi connectivity index (χ2n) is 4.32. The molecule has 1 heterocycles. The van der Waals surface area contributed by atoms with Gasteiger partial charge in [-0.1, -0.05) is 13.5 Å². The van der Waals surface area contributed by atoms with Crippen LogP contribution in [0, 0.1) is 6.57 Å². The van der Waals surface area contributed by atoms with Crippen molar-refractivity contribution < 1.29 is 22.7 Å². The predicted molar refractivity (Wildman–Crippen MR) is 67.4 cm³/mol. The molecular formula is C13H13F3N2O2. The predicted octanol–water partition coefficient (Wildman–Crippen LogP) is 3.62. The average molecular weight is 286 g/mol. The third-order valence-corrected chi connectivity index (χ3v) is 2.74. The van der Waals surface area contributed by atoms with E-state index < -0.39 is 28.9 Å². The summed E-state index contributed by atoms with van der Waals surface area (Å²) < 4.78 is 43.0. The first kappa shape index (κ1) is 16.0. The Morgan fingerprint density at radius 3 is 2.55 bits per heavy atom. The first-order chi connectivity index (χ1) is 8.76. The van der Waals surface area contributed by atoms with Gasteiger partial charge in [-0.25, -0.2) is 4.85 Å². The first-order valence-corrected chi connectivity index (χ1v) is 5.30. The lowest BCUT2D eigenvalue weighted by molar-refractivity contribution is -0.136. The number of hydrogen-bond donors (Lipinski definition) is 1. The molecule has 0 saturated carbocycles. The van der Waals surface area contributed by atoms with Crippen LogP contribution < -0.4 is 5.32 Å². The number of amides is 1. The summed E-state index contributed by atoms with van der Waals surface area (Å²) in [6.07, 6.45) is -4.64. The fourth-order valence-electron chi connectivity index (χ4n) is 1.44. The molecule has 0 radical (unpaired) electrons. The Hall–Kier alpha value is -2.07. The van der Waals surface area contributed by atoms with Crippen LogP contribution in [-0.2, 0) is 15.7 Å². The van der Waals surface area contributed by atoms with Crippen molar-refractivity contribution in [2.45, 2.75) is 26.1 Å². The summed E-state index contributed by atoms with van der Waals surface area (Å²) in [4.78, 5) is 14.4. The fourth-order valence-corrected chi connectivity index (χ4v) is 1.44. The first-order valence-electron chi connectivity index (χ1n) is 5.30. The number of alkyl halides is 3. The maximum atomic E-state index is 12.7. The van der Waals surface area contributed by atoms with Crippen molar-refractivity contribution in [3.63, 3.8) is 0 Å². The van der Waals surface area contributed by atoms with Crippen LogP contribution in [0.4, 0.5) is 24.5 Å². The van der Waals surface area contributed by atoms with Crippen LogP contribution in [0.3, 0.4) is 0 Å². The Morgan fingerprint density at radius 1 is 1.50 bits per heavy atom. The van der Waals surface area contributed by atoms with Crippen molar-refractivity contribution >= 4 is 17.3 Å². The van der Waals surface area contributed by atoms with E-state index in [1.54, 1.807) is 6.92 Å². The van der Waals surface area contributed by atoms with E-state index in [0.29, 0.717) is 0 Å². The SMILES string of the molecule is C.[C-]#[N+]c1ccc(NC(=O)C2(C)CO2)cc1C(F)(F)F. The zero-order valence-corrected chi connectivity index (χ0v) is 9.84. The van der Waals surface area contributed by atoms with Gasteiger partial charge in [0.05, 0.1) is 18.7 Å². The van der Waals surface area contributed by atoms with Gasteiger partial charge in [-0.3, -0.25) is 4.79 Å². The molecule has 1 atom stereocenters. The van der Waals surface area contributed by atoms with Crippen LogP contribution in [0.2, 0.25) is 0 Å². The van der Waals surface area contributed by atoms with E-state index in [4.69, 9.17) is 11.3 Å². The second kappa shape index (κ2) is 5.13. The van der Waals surface area contributed by atoms with Crippen LogP contribution in [-0.4, -0.2) is 18.1 Å². The molecule has 108 valence electrons. The minimum atomic E-state index is -4.64. The molecule has 1 aromatic carbocycles. The number of carbonyl (C=O) groups is 1. The number of halogens is 3. The van der Waals surface area contributed by atoms with E-state index in [2.05, 4.69) is 10.2 Å². The summed E-state index contributed by atoms with van der Waals surface area (Å²) in [6.45, 7) is 8.49. The largest absolute Gasteiger partial charge is 0.407 e. The van der Waals surface area contributed by atoms with Crippen molar-refractivity contribution in [3.8, 4) is 0 Å². The molecule has 0 aliphatic carbocycles. The highest BCUT2D eigenvalue weighted by atomic mass is 19.4. The number of nitrogens with zero attached hydrogens (tertiary/aromatic N) is 1. The molecule has 1 N–H and O–H groups in total. The summed E-state index contributed by atoms with van der Waals surface area (Å²) in [6, 6.07) is 3.03. The monoisotopic (exact) mass is 286 g/mol. The Morgan fingerprint density at radius 2 is 2.10 bits per heavy atom. The van der Waals surface area contributed by atoms with Crippen LogP contribution in [0.5, 0.6) is 0 Å². The van der Waals surface area contributed by atoms with Gasteiger partial charge in [0.2, 0.25) is 0 Å². The average Bonchev–Trinajstić information content (AvgIpc) is 3.07. The Bertz CT molecular complexity index is 572. The molecule has 1 amide bonds. The van der Waals surface area contributed by atoms with Crippen LogP contribution in [0.15, 0.2) is 18.2 Å². The number of benzene rings is 1. The Kier molecular flexibility index (Phi) is 4.10. The maximum absolute atomic E-state index is 12.7. The minimum absolute atomic E-state index is 0. The molecule has 1 aliphatic heterocycles. The number of hydrogen-bond acceptors (Lipinski definition) is 2. The fraction of sp³-hybridized carbons (Fsp3) is 0.385. The van der Waals surface area contributed by atoms with Crippen LogP contribution in [0.25, 0.3) is 4.85 Å². The highest BCUT2D eigenvalue weighted by Gasteiger charge is 2.47. The van der Waals surface area contributed by atoms with Crippen molar-refractivity contribution in [2.75, 3.05) is 11.9 Å². The van der Waals surface area contributed by atoms with E-state index in [1.165, 1.54) is 6.07 Å². The van der Waals surface area contributed by atoms with Gasteiger partial charge >= 0.3 is 6.18 Å². The summed E-state index contributed by atoms with van der Waals surface area (Å²) in [5.74, 6) is -0.504. The summed E-state index contributed by atoms with van der Waals surface area (Å²) in [7, 11) is 0. The highest BCUT2D eigenvalue weighted by Crippen LogP contribution is 2.38. The minimum Gasteiger partial charge on any atom is -0.359 e. The van der Waals surface area contributed by atoms with Gasteiger partial charge < -0.3 is 10.1 Å².